The van der Waals surface area contributed by atoms with Crippen LogP contribution in [0.4, 0.5) is 26.3 Å². The van der Waals surface area contributed by atoms with Crippen LogP contribution in [0, 0.1) is 11.8 Å². The Bertz CT molecular complexity index is 1380. The minimum atomic E-state index is -4.69. The Balaban J connectivity index is 1.59. The van der Waals surface area contributed by atoms with E-state index < -0.39 is 35.4 Å². The molecule has 1 saturated heterocycles. The molecule has 0 unspecified atom stereocenters. The van der Waals surface area contributed by atoms with Crippen LogP contribution in [0.5, 0.6) is 5.75 Å². The van der Waals surface area contributed by atoms with Crippen molar-refractivity contribution < 1.29 is 35.9 Å². The van der Waals surface area contributed by atoms with Gasteiger partial charge in [-0.25, -0.2) is 0 Å². The van der Waals surface area contributed by atoms with E-state index in [4.69, 9.17) is 4.74 Å². The first kappa shape index (κ1) is 29.0. The van der Waals surface area contributed by atoms with Crippen LogP contribution in [0.3, 0.4) is 0 Å². The van der Waals surface area contributed by atoms with Gasteiger partial charge < -0.3 is 9.64 Å². The zero-order valence-electron chi connectivity index (χ0n) is 21.4. The molecule has 0 aliphatic carbocycles. The lowest BCUT2D eigenvalue weighted by Gasteiger charge is -2.41. The fourth-order valence-electron chi connectivity index (χ4n) is 4.47. The van der Waals surface area contributed by atoms with Crippen molar-refractivity contribution in [2.75, 3.05) is 33.3 Å². The van der Waals surface area contributed by atoms with E-state index in [-0.39, 0.29) is 24.3 Å². The highest BCUT2D eigenvalue weighted by Crippen LogP contribution is 2.34. The van der Waals surface area contributed by atoms with Gasteiger partial charge in [0.2, 0.25) is 0 Å². The number of ether oxygens (including phenoxy) is 1. The second-order valence-electron chi connectivity index (χ2n) is 9.28. The maximum absolute atomic E-state index is 13.5. The summed E-state index contributed by atoms with van der Waals surface area (Å²) in [6, 6.07) is 10.5. The Labute approximate surface area is 227 Å². The van der Waals surface area contributed by atoms with Crippen LogP contribution in [0.1, 0.15) is 32.6 Å². The Morgan fingerprint density at radius 3 is 2.35 bits per heavy atom. The summed E-state index contributed by atoms with van der Waals surface area (Å²) in [5, 5.41) is 0. The van der Waals surface area contributed by atoms with Crippen molar-refractivity contribution in [1.29, 1.82) is 0 Å². The predicted octanol–water partition coefficient (Wildman–Crippen LogP) is 5.55. The van der Waals surface area contributed by atoms with Gasteiger partial charge >= 0.3 is 12.4 Å². The summed E-state index contributed by atoms with van der Waals surface area (Å²) in [6.45, 7) is 1.28. The zero-order chi connectivity index (χ0) is 28.9. The van der Waals surface area contributed by atoms with Gasteiger partial charge in [-0.15, -0.1) is 0 Å². The first-order valence-electron chi connectivity index (χ1n) is 12.3. The quantitative estimate of drug-likeness (QED) is 0.303. The molecule has 0 radical (unpaired) electrons. The third-order valence-corrected chi connectivity index (χ3v) is 6.49. The number of amides is 1. The van der Waals surface area contributed by atoms with Crippen molar-refractivity contribution in [2.24, 2.45) is 0 Å². The van der Waals surface area contributed by atoms with E-state index in [1.165, 1.54) is 30.2 Å². The van der Waals surface area contributed by atoms with Crippen LogP contribution in [0.2, 0.25) is 0 Å². The lowest BCUT2D eigenvalue weighted by Crippen LogP contribution is -2.56. The van der Waals surface area contributed by atoms with E-state index >= 15 is 0 Å². The molecule has 11 heteroatoms. The summed E-state index contributed by atoms with van der Waals surface area (Å²) in [4.78, 5) is 21.0. The summed E-state index contributed by atoms with van der Waals surface area (Å²) in [7, 11) is 1.21. The molecule has 40 heavy (non-hydrogen) atoms. The molecule has 1 aliphatic rings. The normalized spacial score (nSPS) is 16.3. The van der Waals surface area contributed by atoms with Gasteiger partial charge in [-0.05, 0) is 54.4 Å². The van der Waals surface area contributed by atoms with Crippen molar-refractivity contribution in [3.8, 4) is 17.6 Å². The minimum absolute atomic E-state index is 0.109. The number of methoxy groups -OCH3 is 1. The van der Waals surface area contributed by atoms with Gasteiger partial charge in [0, 0.05) is 49.2 Å². The molecule has 2 heterocycles. The number of rotatable bonds is 5. The third-order valence-electron chi connectivity index (χ3n) is 6.49. The summed E-state index contributed by atoms with van der Waals surface area (Å²) < 4.78 is 84.5. The van der Waals surface area contributed by atoms with E-state index in [1.807, 2.05) is 11.0 Å². The molecule has 0 spiro atoms. The standard InChI is InChI=1S/C29H25F6N3O2/c1-40-26-16-22(15-24(17-26)29(33,34)35)27(39)38-13-12-37(11-3-5-21-4-2-10-36-18-21)19-25(38)14-20-6-8-23(9-7-20)28(30,31)32/h2,4,6-10,15-18,25H,11-14,19H2,1H3/t25-/m1/s1. The maximum atomic E-state index is 13.5. The summed E-state index contributed by atoms with van der Waals surface area (Å²) in [5.41, 5.74) is -0.708. The highest BCUT2D eigenvalue weighted by atomic mass is 19.4. The van der Waals surface area contributed by atoms with Gasteiger partial charge in [-0.2, -0.15) is 26.3 Å². The molecule has 5 nitrogen and oxygen atoms in total. The molecular formula is C29H25F6N3O2. The molecule has 210 valence electrons. The van der Waals surface area contributed by atoms with Crippen LogP contribution in [0.25, 0.3) is 0 Å². The Morgan fingerprint density at radius 2 is 1.73 bits per heavy atom. The first-order chi connectivity index (χ1) is 18.9. The average Bonchev–Trinajstić information content (AvgIpc) is 2.92. The monoisotopic (exact) mass is 561 g/mol. The highest BCUT2D eigenvalue weighted by Gasteiger charge is 2.35. The molecule has 0 saturated carbocycles. The maximum Gasteiger partial charge on any atom is 0.416 e. The van der Waals surface area contributed by atoms with E-state index in [2.05, 4.69) is 16.8 Å². The first-order valence-corrected chi connectivity index (χ1v) is 12.3. The van der Waals surface area contributed by atoms with Gasteiger partial charge in [-0.1, -0.05) is 24.0 Å². The van der Waals surface area contributed by atoms with Crippen molar-refractivity contribution in [3.05, 3.63) is 94.8 Å². The number of halogens is 6. The predicted molar refractivity (Wildman–Crippen MR) is 136 cm³/mol. The van der Waals surface area contributed by atoms with Gasteiger partial charge in [-0.3, -0.25) is 14.7 Å². The van der Waals surface area contributed by atoms with Gasteiger partial charge in [0.15, 0.2) is 0 Å². The summed E-state index contributed by atoms with van der Waals surface area (Å²) >= 11 is 0. The van der Waals surface area contributed by atoms with Crippen molar-refractivity contribution in [2.45, 2.75) is 24.8 Å². The number of carbonyl (C=O) groups excluding carboxylic acids is 1. The second kappa shape index (κ2) is 12.0. The molecule has 1 atom stereocenters. The van der Waals surface area contributed by atoms with Crippen LogP contribution in [-0.2, 0) is 18.8 Å². The van der Waals surface area contributed by atoms with Gasteiger partial charge in [0.1, 0.15) is 5.75 Å². The Morgan fingerprint density at radius 1 is 1.00 bits per heavy atom. The van der Waals surface area contributed by atoms with Crippen LogP contribution in [0.15, 0.2) is 67.0 Å². The number of pyridine rings is 1. The van der Waals surface area contributed by atoms with E-state index in [1.54, 1.807) is 18.5 Å². The van der Waals surface area contributed by atoms with Crippen LogP contribution in [-0.4, -0.2) is 60.0 Å². The van der Waals surface area contributed by atoms with E-state index in [9.17, 15) is 31.1 Å². The average molecular weight is 562 g/mol. The van der Waals surface area contributed by atoms with Gasteiger partial charge in [0.25, 0.3) is 5.91 Å². The molecule has 4 rings (SSSR count). The van der Waals surface area contributed by atoms with Crippen molar-refractivity contribution >= 4 is 5.91 Å². The van der Waals surface area contributed by atoms with Gasteiger partial charge in [0.05, 0.1) is 24.8 Å². The number of piperazine rings is 1. The molecule has 1 aromatic heterocycles. The lowest BCUT2D eigenvalue weighted by molar-refractivity contribution is -0.138. The van der Waals surface area contributed by atoms with Crippen LogP contribution < -0.4 is 4.74 Å². The van der Waals surface area contributed by atoms with Crippen molar-refractivity contribution in [3.63, 3.8) is 0 Å². The molecule has 2 aromatic carbocycles. The lowest BCUT2D eigenvalue weighted by atomic mass is 9.99. The molecule has 1 aliphatic heterocycles. The zero-order valence-corrected chi connectivity index (χ0v) is 21.4. The Kier molecular flexibility index (Phi) is 8.69. The number of hydrogen-bond acceptors (Lipinski definition) is 4. The number of hydrogen-bond donors (Lipinski definition) is 0. The molecular weight excluding hydrogens is 536 g/mol. The molecule has 0 N–H and O–H groups in total. The smallest absolute Gasteiger partial charge is 0.416 e. The Hall–Kier alpha value is -4.04. The number of benzene rings is 2. The number of alkyl halides is 6. The molecule has 1 amide bonds. The molecule has 1 fully saturated rings. The topological polar surface area (TPSA) is 45.7 Å². The minimum Gasteiger partial charge on any atom is -0.497 e. The van der Waals surface area contributed by atoms with E-state index in [0.29, 0.717) is 25.2 Å². The summed E-state index contributed by atoms with van der Waals surface area (Å²) in [6.07, 6.45) is -5.72. The number of carbonyl (C=O) groups is 1. The fourth-order valence-corrected chi connectivity index (χ4v) is 4.47. The molecule has 3 aromatic rings. The van der Waals surface area contributed by atoms with E-state index in [0.717, 1.165) is 29.8 Å². The highest BCUT2D eigenvalue weighted by molar-refractivity contribution is 5.95. The third kappa shape index (κ3) is 7.33. The largest absolute Gasteiger partial charge is 0.497 e. The fraction of sp³-hybridized carbons (Fsp3) is 0.310. The number of aromatic nitrogens is 1. The second-order valence-corrected chi connectivity index (χ2v) is 9.28. The summed E-state index contributed by atoms with van der Waals surface area (Å²) in [5.74, 6) is 5.34. The van der Waals surface area contributed by atoms with Crippen molar-refractivity contribution in [1.82, 2.24) is 14.8 Å². The molecule has 0 bridgehead atoms. The SMILES string of the molecule is COc1cc(C(=O)N2CCN(CC#Cc3cccnc3)C[C@H]2Cc2ccc(C(F)(F)F)cc2)cc(C(F)(F)F)c1. The number of nitrogens with zero attached hydrogens (tertiary/aromatic N) is 3. The van der Waals surface area contributed by atoms with Crippen LogP contribution >= 0.6 is 0 Å².